The molecule has 0 spiro atoms. The third-order valence-corrected chi connectivity index (χ3v) is 1.49. The van der Waals surface area contributed by atoms with Crippen molar-refractivity contribution < 1.29 is 9.53 Å². The number of carbonyl (C=O) groups excluding carboxylic acids is 1. The highest BCUT2D eigenvalue weighted by Crippen LogP contribution is 2.19. The number of hydrogen-bond donors (Lipinski definition) is 0. The number of hydrogen-bond acceptors (Lipinski definition) is 3. The van der Waals surface area contributed by atoms with Crippen LogP contribution in [0.25, 0.3) is 0 Å². The highest BCUT2D eigenvalue weighted by molar-refractivity contribution is 6.19. The zero-order valence-corrected chi connectivity index (χ0v) is 6.84. The van der Waals surface area contributed by atoms with Gasteiger partial charge in [0.1, 0.15) is 0 Å². The Morgan fingerprint density at radius 3 is 2.55 bits per heavy atom. The molecule has 0 fully saturated rings. The SMILES string of the molecule is COC(=O)[C]1C=C(C)N=C1C. The van der Waals surface area contributed by atoms with Crippen LogP contribution in [0.3, 0.4) is 0 Å². The highest BCUT2D eigenvalue weighted by Gasteiger charge is 2.24. The van der Waals surface area contributed by atoms with E-state index in [1.807, 2.05) is 6.92 Å². The zero-order valence-electron chi connectivity index (χ0n) is 6.84. The lowest BCUT2D eigenvalue weighted by Gasteiger charge is -2.02. The molecule has 0 N–H and O–H groups in total. The van der Waals surface area contributed by atoms with Crippen LogP contribution < -0.4 is 0 Å². The fourth-order valence-corrected chi connectivity index (χ4v) is 0.987. The van der Waals surface area contributed by atoms with Gasteiger partial charge in [0, 0.05) is 11.4 Å². The van der Waals surface area contributed by atoms with Crippen molar-refractivity contribution in [2.45, 2.75) is 13.8 Å². The van der Waals surface area contributed by atoms with Gasteiger partial charge >= 0.3 is 5.97 Å². The van der Waals surface area contributed by atoms with Crippen molar-refractivity contribution in [1.82, 2.24) is 0 Å². The Balaban J connectivity index is 2.77. The van der Waals surface area contributed by atoms with E-state index in [0.717, 1.165) is 11.4 Å². The number of ether oxygens (including phenoxy) is 1. The minimum absolute atomic E-state index is 0.317. The van der Waals surface area contributed by atoms with Gasteiger partial charge in [0.2, 0.25) is 0 Å². The molecule has 0 saturated carbocycles. The molecule has 0 amide bonds. The molecular weight excluding hydrogens is 142 g/mol. The lowest BCUT2D eigenvalue weighted by Crippen LogP contribution is -2.16. The molecule has 0 unspecified atom stereocenters. The lowest BCUT2D eigenvalue weighted by molar-refractivity contribution is -0.136. The molecule has 0 aliphatic carbocycles. The second-order valence-electron chi connectivity index (χ2n) is 2.39. The van der Waals surface area contributed by atoms with Gasteiger partial charge in [-0.05, 0) is 19.9 Å². The molecule has 1 heterocycles. The van der Waals surface area contributed by atoms with E-state index < -0.39 is 0 Å². The van der Waals surface area contributed by atoms with Crippen molar-refractivity contribution in [3.8, 4) is 0 Å². The fraction of sp³-hybridized carbons (Fsp3) is 0.375. The van der Waals surface area contributed by atoms with Gasteiger partial charge in [-0.1, -0.05) is 0 Å². The van der Waals surface area contributed by atoms with Gasteiger partial charge in [0.25, 0.3) is 0 Å². The second-order valence-corrected chi connectivity index (χ2v) is 2.39. The Morgan fingerprint density at radius 2 is 2.18 bits per heavy atom. The standard InChI is InChI=1S/C8H10NO2/c1-5-4-7(6(2)9-5)8(10)11-3/h4H,1-3H3. The molecule has 0 bridgehead atoms. The quantitative estimate of drug-likeness (QED) is 0.528. The monoisotopic (exact) mass is 152 g/mol. The van der Waals surface area contributed by atoms with Crippen molar-refractivity contribution in [2.75, 3.05) is 7.11 Å². The Hall–Kier alpha value is -1.12. The molecule has 0 atom stereocenters. The maximum absolute atomic E-state index is 11.0. The second kappa shape index (κ2) is 2.86. The first kappa shape index (κ1) is 7.98. The molecule has 0 aromatic rings. The molecule has 1 rings (SSSR count). The van der Waals surface area contributed by atoms with Gasteiger partial charge in [-0.3, -0.25) is 9.79 Å². The largest absolute Gasteiger partial charge is 0.468 e. The Labute approximate surface area is 65.8 Å². The minimum atomic E-state index is -0.317. The van der Waals surface area contributed by atoms with Gasteiger partial charge in [-0.15, -0.1) is 0 Å². The van der Waals surface area contributed by atoms with Crippen molar-refractivity contribution in [1.29, 1.82) is 0 Å². The summed E-state index contributed by atoms with van der Waals surface area (Å²) in [6, 6.07) is 0. The van der Waals surface area contributed by atoms with Crippen LogP contribution in [-0.2, 0) is 9.53 Å². The van der Waals surface area contributed by atoms with E-state index in [0.29, 0.717) is 5.92 Å². The zero-order chi connectivity index (χ0) is 8.43. The van der Waals surface area contributed by atoms with E-state index in [-0.39, 0.29) is 5.97 Å². The average molecular weight is 152 g/mol. The first-order valence-corrected chi connectivity index (χ1v) is 3.34. The van der Waals surface area contributed by atoms with Crippen LogP contribution in [-0.4, -0.2) is 18.8 Å². The van der Waals surface area contributed by atoms with Crippen LogP contribution in [0.5, 0.6) is 0 Å². The minimum Gasteiger partial charge on any atom is -0.468 e. The first-order valence-electron chi connectivity index (χ1n) is 3.34. The van der Waals surface area contributed by atoms with E-state index in [9.17, 15) is 4.79 Å². The predicted octanol–water partition coefficient (Wildman–Crippen LogP) is 1.11. The fourth-order valence-electron chi connectivity index (χ4n) is 0.987. The number of rotatable bonds is 1. The van der Waals surface area contributed by atoms with E-state index >= 15 is 0 Å². The van der Waals surface area contributed by atoms with Gasteiger partial charge in [0.05, 0.1) is 7.11 Å². The predicted molar refractivity (Wildman–Crippen MR) is 42.1 cm³/mol. The van der Waals surface area contributed by atoms with Crippen LogP contribution in [0.4, 0.5) is 0 Å². The lowest BCUT2D eigenvalue weighted by atomic mass is 10.1. The highest BCUT2D eigenvalue weighted by atomic mass is 16.5. The van der Waals surface area contributed by atoms with Crippen molar-refractivity contribution >= 4 is 11.7 Å². The van der Waals surface area contributed by atoms with E-state index in [2.05, 4.69) is 9.73 Å². The van der Waals surface area contributed by atoms with Gasteiger partial charge in [-0.2, -0.15) is 0 Å². The van der Waals surface area contributed by atoms with E-state index in [1.54, 1.807) is 13.0 Å². The number of methoxy groups -OCH3 is 1. The molecule has 11 heavy (non-hydrogen) atoms. The van der Waals surface area contributed by atoms with Crippen LogP contribution in [0, 0.1) is 5.92 Å². The molecule has 3 heteroatoms. The summed E-state index contributed by atoms with van der Waals surface area (Å²) in [5.74, 6) is 0.244. The van der Waals surface area contributed by atoms with Gasteiger partial charge in [0.15, 0.2) is 5.92 Å². The topological polar surface area (TPSA) is 38.7 Å². The van der Waals surface area contributed by atoms with Crippen LogP contribution in [0.15, 0.2) is 16.8 Å². The molecule has 1 aliphatic heterocycles. The summed E-state index contributed by atoms with van der Waals surface area (Å²) >= 11 is 0. The summed E-state index contributed by atoms with van der Waals surface area (Å²) < 4.78 is 4.55. The number of carbonyl (C=O) groups is 1. The number of aliphatic imine (C=N–C) groups is 1. The third kappa shape index (κ3) is 1.48. The molecule has 1 aliphatic rings. The molecule has 1 radical (unpaired) electrons. The molecule has 0 saturated heterocycles. The number of allylic oxidation sites excluding steroid dienone is 1. The summed E-state index contributed by atoms with van der Waals surface area (Å²) in [4.78, 5) is 15.1. The maximum Gasteiger partial charge on any atom is 0.323 e. The maximum atomic E-state index is 11.0. The molecule has 0 aromatic heterocycles. The summed E-state index contributed by atoms with van der Waals surface area (Å²) in [5.41, 5.74) is 1.58. The Bertz CT molecular complexity index is 240. The molecular formula is C8H10NO2. The molecule has 3 nitrogen and oxygen atoms in total. The number of nitrogens with zero attached hydrogens (tertiary/aromatic N) is 1. The van der Waals surface area contributed by atoms with E-state index in [1.165, 1.54) is 7.11 Å². The molecule has 59 valence electrons. The number of esters is 1. The van der Waals surface area contributed by atoms with Gasteiger partial charge in [-0.25, -0.2) is 0 Å². The van der Waals surface area contributed by atoms with Crippen molar-refractivity contribution in [3.63, 3.8) is 0 Å². The molecule has 0 aromatic carbocycles. The van der Waals surface area contributed by atoms with E-state index in [4.69, 9.17) is 0 Å². The Kier molecular flexibility index (Phi) is 2.08. The normalized spacial score (nSPS) is 17.7. The van der Waals surface area contributed by atoms with Crippen LogP contribution >= 0.6 is 0 Å². The van der Waals surface area contributed by atoms with Crippen LogP contribution in [0.2, 0.25) is 0 Å². The van der Waals surface area contributed by atoms with Crippen LogP contribution in [0.1, 0.15) is 13.8 Å². The summed E-state index contributed by atoms with van der Waals surface area (Å²) in [6.07, 6.45) is 1.72. The first-order chi connectivity index (χ1) is 5.15. The summed E-state index contributed by atoms with van der Waals surface area (Å²) in [6.45, 7) is 3.64. The van der Waals surface area contributed by atoms with Gasteiger partial charge < -0.3 is 4.74 Å². The summed E-state index contributed by atoms with van der Waals surface area (Å²) in [7, 11) is 1.37. The average Bonchev–Trinajstić information content (AvgIpc) is 2.28. The summed E-state index contributed by atoms with van der Waals surface area (Å²) in [5, 5.41) is 0. The smallest absolute Gasteiger partial charge is 0.323 e. The van der Waals surface area contributed by atoms with Crippen molar-refractivity contribution in [2.24, 2.45) is 4.99 Å². The van der Waals surface area contributed by atoms with Crippen molar-refractivity contribution in [3.05, 3.63) is 17.7 Å². The third-order valence-electron chi connectivity index (χ3n) is 1.49. The Morgan fingerprint density at radius 1 is 1.55 bits per heavy atom.